The lowest BCUT2D eigenvalue weighted by Gasteiger charge is -2.32. The molecule has 2 heterocycles. The number of aryl methyl sites for hydroxylation is 3. The van der Waals surface area contributed by atoms with Gasteiger partial charge in [0.2, 0.25) is 5.91 Å². The van der Waals surface area contributed by atoms with E-state index in [9.17, 15) is 14.0 Å². The van der Waals surface area contributed by atoms with Crippen LogP contribution < -0.4 is 15.5 Å². The van der Waals surface area contributed by atoms with E-state index in [-0.39, 0.29) is 30.7 Å². The van der Waals surface area contributed by atoms with Crippen molar-refractivity contribution in [2.24, 2.45) is 0 Å². The van der Waals surface area contributed by atoms with Crippen molar-refractivity contribution in [1.82, 2.24) is 30.4 Å². The molecule has 4 rings (SSSR count). The van der Waals surface area contributed by atoms with E-state index in [0.717, 1.165) is 52.8 Å². The third-order valence-corrected chi connectivity index (χ3v) is 7.33. The largest absolute Gasteiger partial charge is 0.353 e. The fourth-order valence-corrected chi connectivity index (χ4v) is 5.21. The van der Waals surface area contributed by atoms with Gasteiger partial charge in [0.25, 0.3) is 5.91 Å². The van der Waals surface area contributed by atoms with Gasteiger partial charge < -0.3 is 15.5 Å². The van der Waals surface area contributed by atoms with Crippen molar-refractivity contribution < 1.29 is 14.0 Å². The second-order valence-electron chi connectivity index (χ2n) is 9.98. The van der Waals surface area contributed by atoms with Gasteiger partial charge in [-0.15, -0.1) is 0 Å². The summed E-state index contributed by atoms with van der Waals surface area (Å²) in [5.74, 6) is -0.588. The molecule has 0 unspecified atom stereocenters. The highest BCUT2D eigenvalue weighted by Crippen LogP contribution is 2.30. The Hall–Kier alpha value is -3.50. The number of rotatable bonds is 12. The lowest BCUT2D eigenvalue weighted by Crippen LogP contribution is -2.48. The van der Waals surface area contributed by atoms with Crippen molar-refractivity contribution in [2.45, 2.75) is 53.8 Å². The Balaban J connectivity index is 1.57. The summed E-state index contributed by atoms with van der Waals surface area (Å²) in [6.45, 7) is 12.1. The summed E-state index contributed by atoms with van der Waals surface area (Å²) in [5, 5.41) is 15.5. The molecule has 0 aliphatic carbocycles. The van der Waals surface area contributed by atoms with Gasteiger partial charge in [-0.1, -0.05) is 19.9 Å². The number of anilines is 1. The van der Waals surface area contributed by atoms with Crippen molar-refractivity contribution in [3.05, 3.63) is 58.5 Å². The Morgan fingerprint density at radius 1 is 1.05 bits per heavy atom. The van der Waals surface area contributed by atoms with E-state index < -0.39 is 0 Å². The molecular weight excluding hydrogens is 497 g/mol. The number of hydrazine groups is 1. The Morgan fingerprint density at radius 3 is 2.54 bits per heavy atom. The third-order valence-electron chi connectivity index (χ3n) is 7.33. The van der Waals surface area contributed by atoms with Crippen LogP contribution in [0.3, 0.4) is 0 Å². The first kappa shape index (κ1) is 28.5. The topological polar surface area (TPSA) is 85.7 Å². The zero-order valence-corrected chi connectivity index (χ0v) is 23.7. The molecule has 0 radical (unpaired) electrons. The van der Waals surface area contributed by atoms with Crippen LogP contribution in [-0.2, 0) is 35.6 Å². The van der Waals surface area contributed by atoms with Crippen molar-refractivity contribution in [3.63, 3.8) is 0 Å². The predicted molar refractivity (Wildman–Crippen MR) is 152 cm³/mol. The maximum Gasteiger partial charge on any atom is 0.256 e. The van der Waals surface area contributed by atoms with E-state index in [1.807, 2.05) is 34.5 Å². The SMILES string of the molecule is CCNCCNC(=O)CN(CC(=O)N(C)N1Cc2ccc(F)cc2C1)c1cc2nn(CC)c(CC)c2cc1C. The number of fused-ring (bicyclic) bond motifs is 2. The van der Waals surface area contributed by atoms with Gasteiger partial charge in [-0.2, -0.15) is 5.10 Å². The van der Waals surface area contributed by atoms with Crippen molar-refractivity contribution in [1.29, 1.82) is 0 Å². The number of halogens is 1. The highest BCUT2D eigenvalue weighted by Gasteiger charge is 2.28. The predicted octanol–water partition coefficient (Wildman–Crippen LogP) is 2.99. The summed E-state index contributed by atoms with van der Waals surface area (Å²) >= 11 is 0. The summed E-state index contributed by atoms with van der Waals surface area (Å²) in [6, 6.07) is 8.84. The third kappa shape index (κ3) is 6.39. The minimum Gasteiger partial charge on any atom is -0.353 e. The first-order valence-electron chi connectivity index (χ1n) is 13.8. The number of carbonyl (C=O) groups excluding carboxylic acids is 2. The number of amides is 2. The van der Waals surface area contributed by atoms with Crippen LogP contribution >= 0.6 is 0 Å². The fourth-order valence-electron chi connectivity index (χ4n) is 5.21. The molecule has 1 aliphatic heterocycles. The molecule has 0 fully saturated rings. The first-order chi connectivity index (χ1) is 18.7. The Kier molecular flexibility index (Phi) is 9.19. The average molecular weight is 538 g/mol. The van der Waals surface area contributed by atoms with Crippen LogP contribution in [-0.4, -0.2) is 71.4 Å². The van der Waals surface area contributed by atoms with E-state index in [1.165, 1.54) is 17.8 Å². The summed E-state index contributed by atoms with van der Waals surface area (Å²) in [4.78, 5) is 28.3. The molecule has 0 spiro atoms. The van der Waals surface area contributed by atoms with E-state index >= 15 is 0 Å². The molecule has 0 bridgehead atoms. The standard InChI is InChI=1S/C29H40FN7O2/c1-6-26-24-13-20(4)27(15-25(24)33-37(26)8-3)35(18-28(38)32-12-11-31-7-2)19-29(39)34(5)36-16-21-9-10-23(30)14-22(21)17-36/h9-10,13-15,31H,6-8,11-12,16-19H2,1-5H3,(H,32,38). The van der Waals surface area contributed by atoms with Gasteiger partial charge in [-0.3, -0.25) is 19.3 Å². The van der Waals surface area contributed by atoms with Crippen LogP contribution in [0, 0.1) is 12.7 Å². The maximum absolute atomic E-state index is 13.7. The van der Waals surface area contributed by atoms with Crippen LogP contribution in [0.15, 0.2) is 30.3 Å². The lowest BCUT2D eigenvalue weighted by molar-refractivity contribution is -0.145. The molecule has 1 aliphatic rings. The average Bonchev–Trinajstić information content (AvgIpc) is 3.49. The van der Waals surface area contributed by atoms with E-state index in [2.05, 4.69) is 30.5 Å². The molecule has 10 heteroatoms. The van der Waals surface area contributed by atoms with Gasteiger partial charge in [0.15, 0.2) is 0 Å². The Bertz CT molecular complexity index is 1340. The van der Waals surface area contributed by atoms with Gasteiger partial charge >= 0.3 is 0 Å². The number of hydrogen-bond acceptors (Lipinski definition) is 6. The van der Waals surface area contributed by atoms with Crippen LogP contribution in [0.2, 0.25) is 0 Å². The molecule has 0 atom stereocenters. The Morgan fingerprint density at radius 2 is 1.82 bits per heavy atom. The van der Waals surface area contributed by atoms with Crippen molar-refractivity contribution in [2.75, 3.05) is 44.7 Å². The minimum atomic E-state index is -0.279. The highest BCUT2D eigenvalue weighted by atomic mass is 19.1. The summed E-state index contributed by atoms with van der Waals surface area (Å²) in [5.41, 5.74) is 5.70. The molecule has 0 saturated heterocycles. The second kappa shape index (κ2) is 12.6. The maximum atomic E-state index is 13.7. The molecule has 210 valence electrons. The summed E-state index contributed by atoms with van der Waals surface area (Å²) < 4.78 is 15.7. The van der Waals surface area contributed by atoms with Gasteiger partial charge in [-0.05, 0) is 67.8 Å². The fraction of sp³-hybridized carbons (Fsp3) is 0.483. The molecule has 2 aromatic carbocycles. The van der Waals surface area contributed by atoms with Crippen LogP contribution in [0.1, 0.15) is 43.2 Å². The van der Waals surface area contributed by atoms with Gasteiger partial charge in [0.05, 0.1) is 18.6 Å². The summed E-state index contributed by atoms with van der Waals surface area (Å²) in [7, 11) is 1.73. The molecule has 1 aromatic heterocycles. The Labute approximate surface area is 229 Å². The number of nitrogens with zero attached hydrogens (tertiary/aromatic N) is 5. The molecule has 39 heavy (non-hydrogen) atoms. The van der Waals surface area contributed by atoms with E-state index in [0.29, 0.717) is 26.2 Å². The zero-order chi connectivity index (χ0) is 28.1. The number of carbonyl (C=O) groups is 2. The first-order valence-corrected chi connectivity index (χ1v) is 13.8. The van der Waals surface area contributed by atoms with E-state index in [1.54, 1.807) is 18.1 Å². The van der Waals surface area contributed by atoms with Gasteiger partial charge in [-0.25, -0.2) is 9.40 Å². The molecule has 2 amide bonds. The number of aromatic nitrogens is 2. The van der Waals surface area contributed by atoms with Crippen molar-refractivity contribution >= 4 is 28.4 Å². The number of nitrogens with one attached hydrogen (secondary N) is 2. The van der Waals surface area contributed by atoms with Gasteiger partial charge in [0.1, 0.15) is 5.82 Å². The number of benzene rings is 2. The van der Waals surface area contributed by atoms with Crippen LogP contribution in [0.5, 0.6) is 0 Å². The molecule has 2 N–H and O–H groups in total. The molecular formula is C29H40FN7O2. The number of likely N-dealkylation sites (N-methyl/N-ethyl adjacent to an activating group) is 2. The quantitative estimate of drug-likeness (QED) is 0.346. The van der Waals surface area contributed by atoms with Crippen molar-refractivity contribution in [3.8, 4) is 0 Å². The highest BCUT2D eigenvalue weighted by molar-refractivity contribution is 5.91. The molecule has 9 nitrogen and oxygen atoms in total. The molecule has 3 aromatic rings. The van der Waals surface area contributed by atoms with Crippen LogP contribution in [0.4, 0.5) is 10.1 Å². The summed E-state index contributed by atoms with van der Waals surface area (Å²) in [6.07, 6.45) is 0.868. The zero-order valence-electron chi connectivity index (χ0n) is 23.7. The molecule has 0 saturated carbocycles. The number of hydrogen-bond donors (Lipinski definition) is 2. The minimum absolute atomic E-state index is 0.0137. The second-order valence-corrected chi connectivity index (χ2v) is 9.98. The normalized spacial score (nSPS) is 13.1. The van der Waals surface area contributed by atoms with Gasteiger partial charge in [0, 0.05) is 56.5 Å². The van der Waals surface area contributed by atoms with Crippen LogP contribution in [0.25, 0.3) is 10.9 Å². The lowest BCUT2D eigenvalue weighted by atomic mass is 10.1. The smallest absolute Gasteiger partial charge is 0.256 e. The van der Waals surface area contributed by atoms with E-state index in [4.69, 9.17) is 5.10 Å². The monoisotopic (exact) mass is 537 g/mol.